The zero-order chi connectivity index (χ0) is 15.5. The summed E-state index contributed by atoms with van der Waals surface area (Å²) in [4.78, 5) is -0.264. The van der Waals surface area contributed by atoms with Crippen molar-refractivity contribution in [3.8, 4) is 0 Å². The summed E-state index contributed by atoms with van der Waals surface area (Å²) in [5.41, 5.74) is 0.743. The topological polar surface area (TPSA) is 58.2 Å². The van der Waals surface area contributed by atoms with Crippen LogP contribution in [0.1, 0.15) is 38.2 Å². The van der Waals surface area contributed by atoms with Crippen molar-refractivity contribution in [1.29, 1.82) is 0 Å². The Morgan fingerprint density at radius 1 is 1.33 bits per heavy atom. The summed E-state index contributed by atoms with van der Waals surface area (Å²) in [5, 5.41) is 2.93. The maximum atomic E-state index is 13.9. The highest BCUT2D eigenvalue weighted by atomic mass is 32.2. The Kier molecular flexibility index (Phi) is 5.35. The standard InChI is InChI=1S/C15H23FN2O2S/c1-11(13-5-3-4-6-13)18-21(19,20)15-9-12(10-17-2)7-8-14(15)16/h7-9,11,13,17-18H,3-6,10H2,1-2H3. The fraction of sp³-hybridized carbons (Fsp3) is 0.600. The first-order valence-corrected chi connectivity index (χ1v) is 8.87. The van der Waals surface area contributed by atoms with Gasteiger partial charge in [0, 0.05) is 12.6 Å². The van der Waals surface area contributed by atoms with Crippen LogP contribution in [-0.2, 0) is 16.6 Å². The molecule has 21 heavy (non-hydrogen) atoms. The summed E-state index contributed by atoms with van der Waals surface area (Å²) >= 11 is 0. The molecule has 1 aliphatic carbocycles. The molecule has 1 saturated carbocycles. The van der Waals surface area contributed by atoms with Gasteiger partial charge in [-0.05, 0) is 50.4 Å². The first-order chi connectivity index (χ1) is 9.94. The highest BCUT2D eigenvalue weighted by molar-refractivity contribution is 7.89. The summed E-state index contributed by atoms with van der Waals surface area (Å²) < 4.78 is 41.3. The Balaban J connectivity index is 2.19. The normalized spacial score (nSPS) is 18.0. The van der Waals surface area contributed by atoms with E-state index in [2.05, 4.69) is 10.0 Å². The van der Waals surface area contributed by atoms with Gasteiger partial charge in [0.15, 0.2) is 0 Å². The lowest BCUT2D eigenvalue weighted by atomic mass is 10.0. The van der Waals surface area contributed by atoms with Gasteiger partial charge in [-0.25, -0.2) is 17.5 Å². The van der Waals surface area contributed by atoms with Crippen LogP contribution in [-0.4, -0.2) is 21.5 Å². The number of hydrogen-bond donors (Lipinski definition) is 2. The van der Waals surface area contributed by atoms with Crippen LogP contribution < -0.4 is 10.0 Å². The van der Waals surface area contributed by atoms with Gasteiger partial charge >= 0.3 is 0 Å². The lowest BCUT2D eigenvalue weighted by Crippen LogP contribution is -2.37. The largest absolute Gasteiger partial charge is 0.316 e. The molecule has 1 unspecified atom stereocenters. The molecule has 0 aromatic heterocycles. The van der Waals surface area contributed by atoms with Crippen molar-refractivity contribution in [3.05, 3.63) is 29.6 Å². The summed E-state index contributed by atoms with van der Waals surface area (Å²) in [6.45, 7) is 2.36. The third-order valence-corrected chi connectivity index (χ3v) is 5.69. The van der Waals surface area contributed by atoms with Crippen LogP contribution >= 0.6 is 0 Å². The molecule has 0 aliphatic heterocycles. The zero-order valence-corrected chi connectivity index (χ0v) is 13.3. The van der Waals surface area contributed by atoms with Gasteiger partial charge in [-0.1, -0.05) is 18.9 Å². The van der Waals surface area contributed by atoms with Crippen molar-refractivity contribution in [2.45, 2.75) is 50.1 Å². The van der Waals surface area contributed by atoms with Crippen LogP contribution in [0.25, 0.3) is 0 Å². The van der Waals surface area contributed by atoms with Gasteiger partial charge in [0.2, 0.25) is 10.0 Å². The molecule has 6 heteroatoms. The summed E-state index contributed by atoms with van der Waals surface area (Å²) in [6, 6.07) is 4.03. The minimum atomic E-state index is -3.82. The zero-order valence-electron chi connectivity index (χ0n) is 12.5. The molecule has 1 fully saturated rings. The van der Waals surface area contributed by atoms with Crippen molar-refractivity contribution in [2.24, 2.45) is 5.92 Å². The second-order valence-corrected chi connectivity index (χ2v) is 7.43. The predicted octanol–water partition coefficient (Wildman–Crippen LogP) is 2.40. The van der Waals surface area contributed by atoms with E-state index in [-0.39, 0.29) is 10.9 Å². The molecular formula is C15H23FN2O2S. The van der Waals surface area contributed by atoms with Crippen molar-refractivity contribution in [2.75, 3.05) is 7.05 Å². The van der Waals surface area contributed by atoms with E-state index in [1.807, 2.05) is 6.92 Å². The van der Waals surface area contributed by atoms with Gasteiger partial charge in [0.25, 0.3) is 0 Å². The Morgan fingerprint density at radius 2 is 2.00 bits per heavy atom. The lowest BCUT2D eigenvalue weighted by Gasteiger charge is -2.20. The fourth-order valence-corrected chi connectivity index (χ4v) is 4.37. The predicted molar refractivity (Wildman–Crippen MR) is 80.9 cm³/mol. The minimum Gasteiger partial charge on any atom is -0.316 e. The van der Waals surface area contributed by atoms with E-state index in [4.69, 9.17) is 0 Å². The van der Waals surface area contributed by atoms with Crippen LogP contribution in [0.3, 0.4) is 0 Å². The highest BCUT2D eigenvalue weighted by Crippen LogP contribution is 2.28. The highest BCUT2D eigenvalue weighted by Gasteiger charge is 2.27. The van der Waals surface area contributed by atoms with Crippen LogP contribution in [0.2, 0.25) is 0 Å². The molecule has 0 spiro atoms. The molecule has 118 valence electrons. The Hall–Kier alpha value is -0.980. The summed E-state index contributed by atoms with van der Waals surface area (Å²) in [6.07, 6.45) is 4.35. The Labute approximate surface area is 126 Å². The number of nitrogens with one attached hydrogen (secondary N) is 2. The van der Waals surface area contributed by atoms with Crippen molar-refractivity contribution < 1.29 is 12.8 Å². The molecule has 0 saturated heterocycles. The van der Waals surface area contributed by atoms with E-state index in [0.29, 0.717) is 12.5 Å². The molecule has 0 radical (unpaired) electrons. The average molecular weight is 314 g/mol. The molecule has 2 N–H and O–H groups in total. The Bertz CT molecular complexity index is 583. The molecule has 1 aliphatic rings. The minimum absolute atomic E-state index is 0.162. The molecule has 1 atom stereocenters. The van der Waals surface area contributed by atoms with E-state index in [1.165, 1.54) is 12.1 Å². The van der Waals surface area contributed by atoms with Gasteiger partial charge in [0.05, 0.1) is 0 Å². The van der Waals surface area contributed by atoms with Gasteiger partial charge < -0.3 is 5.32 Å². The molecule has 0 bridgehead atoms. The van der Waals surface area contributed by atoms with Crippen LogP contribution in [0.5, 0.6) is 0 Å². The van der Waals surface area contributed by atoms with E-state index in [0.717, 1.165) is 31.2 Å². The number of hydrogen-bond acceptors (Lipinski definition) is 3. The van der Waals surface area contributed by atoms with Crippen LogP contribution in [0, 0.1) is 11.7 Å². The van der Waals surface area contributed by atoms with Gasteiger partial charge in [0.1, 0.15) is 10.7 Å². The maximum absolute atomic E-state index is 13.9. The monoisotopic (exact) mass is 314 g/mol. The van der Waals surface area contributed by atoms with E-state index < -0.39 is 15.8 Å². The number of benzene rings is 1. The van der Waals surface area contributed by atoms with E-state index >= 15 is 0 Å². The molecule has 4 nitrogen and oxygen atoms in total. The average Bonchev–Trinajstić information content (AvgIpc) is 2.94. The Morgan fingerprint density at radius 3 is 2.62 bits per heavy atom. The number of halogens is 1. The summed E-state index contributed by atoms with van der Waals surface area (Å²) in [5.74, 6) is -0.357. The van der Waals surface area contributed by atoms with Crippen molar-refractivity contribution in [3.63, 3.8) is 0 Å². The quantitative estimate of drug-likeness (QED) is 0.848. The first kappa shape index (κ1) is 16.4. The lowest BCUT2D eigenvalue weighted by molar-refractivity contribution is 0.422. The van der Waals surface area contributed by atoms with Gasteiger partial charge in [-0.2, -0.15) is 0 Å². The molecular weight excluding hydrogens is 291 g/mol. The smallest absolute Gasteiger partial charge is 0.243 e. The first-order valence-electron chi connectivity index (χ1n) is 7.39. The third kappa shape index (κ3) is 4.02. The molecule has 0 amide bonds. The number of sulfonamides is 1. The van der Waals surface area contributed by atoms with Crippen molar-refractivity contribution in [1.82, 2.24) is 10.0 Å². The SMILES string of the molecule is CNCc1ccc(F)c(S(=O)(=O)NC(C)C2CCCC2)c1. The second kappa shape index (κ2) is 6.85. The molecule has 1 aromatic rings. The second-order valence-electron chi connectivity index (χ2n) is 5.75. The van der Waals surface area contributed by atoms with Crippen LogP contribution in [0.15, 0.2) is 23.1 Å². The van der Waals surface area contributed by atoms with Gasteiger partial charge in [-0.15, -0.1) is 0 Å². The molecule has 0 heterocycles. The fourth-order valence-electron chi connectivity index (χ4n) is 2.93. The number of rotatable bonds is 6. The third-order valence-electron chi connectivity index (χ3n) is 4.11. The van der Waals surface area contributed by atoms with Crippen molar-refractivity contribution >= 4 is 10.0 Å². The van der Waals surface area contributed by atoms with Gasteiger partial charge in [-0.3, -0.25) is 0 Å². The van der Waals surface area contributed by atoms with Crippen LogP contribution in [0.4, 0.5) is 4.39 Å². The van der Waals surface area contributed by atoms with E-state index in [9.17, 15) is 12.8 Å². The summed E-state index contributed by atoms with van der Waals surface area (Å²) in [7, 11) is -2.06. The molecule has 2 rings (SSSR count). The van der Waals surface area contributed by atoms with E-state index in [1.54, 1.807) is 13.1 Å². The maximum Gasteiger partial charge on any atom is 0.243 e. The molecule has 1 aromatic carbocycles.